The van der Waals surface area contributed by atoms with Gasteiger partial charge in [0.25, 0.3) is 0 Å². The molecular weight excluding hydrogens is 421 g/mol. The number of halogens is 2. The van der Waals surface area contributed by atoms with Crippen LogP contribution in [-0.4, -0.2) is 22.0 Å². The summed E-state index contributed by atoms with van der Waals surface area (Å²) in [5, 5.41) is 3.29. The van der Waals surface area contributed by atoms with Crippen LogP contribution in [0.15, 0.2) is 16.6 Å². The fourth-order valence-corrected chi connectivity index (χ4v) is 4.48. The first-order valence-electron chi connectivity index (χ1n) is 9.86. The molecule has 0 amide bonds. The SMILES string of the molecule is CNc1cc(F)c(Br)cc1C#CC1CCC(CO[Si](C)(C)C(C)(C)C)CC1. The Morgan fingerprint density at radius 2 is 1.85 bits per heavy atom. The lowest BCUT2D eigenvalue weighted by Crippen LogP contribution is -2.42. The van der Waals surface area contributed by atoms with E-state index in [0.29, 0.717) is 16.3 Å². The van der Waals surface area contributed by atoms with Gasteiger partial charge < -0.3 is 9.74 Å². The second-order valence-corrected chi connectivity index (χ2v) is 14.8. The molecule has 2 nitrogen and oxygen atoms in total. The van der Waals surface area contributed by atoms with Crippen molar-refractivity contribution in [2.45, 2.75) is 64.6 Å². The van der Waals surface area contributed by atoms with Gasteiger partial charge in [-0.2, -0.15) is 0 Å². The standard InChI is InChI=1S/C22H33BrFNOSi/c1-22(2,3)27(5,6)26-15-17-9-7-16(8-10-17)11-12-18-13-19(23)20(24)14-21(18)25-4/h13-14,16-17,25H,7-10,15H2,1-6H3. The fourth-order valence-electron chi connectivity index (χ4n) is 3.05. The number of hydrogen-bond donors (Lipinski definition) is 1. The van der Waals surface area contributed by atoms with Crippen molar-refractivity contribution < 1.29 is 8.82 Å². The molecule has 0 unspecified atom stereocenters. The molecule has 0 heterocycles. The van der Waals surface area contributed by atoms with Crippen molar-refractivity contribution in [1.82, 2.24) is 0 Å². The van der Waals surface area contributed by atoms with Gasteiger partial charge in [-0.05, 0) is 77.8 Å². The van der Waals surface area contributed by atoms with Crippen LogP contribution < -0.4 is 5.32 Å². The number of rotatable bonds is 4. The lowest BCUT2D eigenvalue weighted by Gasteiger charge is -2.38. The second kappa shape index (κ2) is 9.11. The van der Waals surface area contributed by atoms with Gasteiger partial charge in [-0.1, -0.05) is 32.6 Å². The van der Waals surface area contributed by atoms with Crippen LogP contribution in [0.1, 0.15) is 52.0 Å². The zero-order valence-corrected chi connectivity index (χ0v) is 20.1. The highest BCUT2D eigenvalue weighted by atomic mass is 79.9. The Morgan fingerprint density at radius 1 is 1.22 bits per heavy atom. The summed E-state index contributed by atoms with van der Waals surface area (Å²) in [5.74, 6) is 7.48. The molecule has 150 valence electrons. The molecule has 0 bridgehead atoms. The Hall–Kier alpha value is -0.833. The van der Waals surface area contributed by atoms with Crippen LogP contribution in [0.4, 0.5) is 10.1 Å². The van der Waals surface area contributed by atoms with Crippen molar-refractivity contribution >= 4 is 29.9 Å². The molecule has 1 N–H and O–H groups in total. The zero-order valence-electron chi connectivity index (χ0n) is 17.5. The molecule has 2 rings (SSSR count). The molecule has 0 atom stereocenters. The molecule has 27 heavy (non-hydrogen) atoms. The zero-order chi connectivity index (χ0) is 20.2. The van der Waals surface area contributed by atoms with Gasteiger partial charge in [0.05, 0.1) is 10.2 Å². The predicted molar refractivity (Wildman–Crippen MR) is 119 cm³/mol. The van der Waals surface area contributed by atoms with Gasteiger partial charge in [-0.25, -0.2) is 4.39 Å². The van der Waals surface area contributed by atoms with Gasteiger partial charge in [-0.3, -0.25) is 0 Å². The molecule has 0 aliphatic heterocycles. The minimum Gasteiger partial charge on any atom is -0.417 e. The molecular formula is C22H33BrFNOSi. The van der Waals surface area contributed by atoms with Crippen molar-refractivity contribution in [3.63, 3.8) is 0 Å². The number of hydrogen-bond acceptors (Lipinski definition) is 2. The van der Waals surface area contributed by atoms with Gasteiger partial charge in [-0.15, -0.1) is 0 Å². The monoisotopic (exact) mass is 453 g/mol. The summed E-state index contributed by atoms with van der Waals surface area (Å²) in [5.41, 5.74) is 1.58. The van der Waals surface area contributed by atoms with Gasteiger partial charge in [0, 0.05) is 25.1 Å². The summed E-state index contributed by atoms with van der Waals surface area (Å²) >= 11 is 3.25. The summed E-state index contributed by atoms with van der Waals surface area (Å²) in [6.45, 7) is 12.4. The van der Waals surface area contributed by atoms with Crippen molar-refractivity contribution in [3.05, 3.63) is 28.0 Å². The first kappa shape index (κ1) is 22.5. The average Bonchev–Trinajstić information content (AvgIpc) is 2.60. The van der Waals surface area contributed by atoms with Crippen LogP contribution >= 0.6 is 15.9 Å². The molecule has 1 fully saturated rings. The molecule has 1 aromatic carbocycles. The minimum absolute atomic E-state index is 0.268. The highest BCUT2D eigenvalue weighted by Crippen LogP contribution is 2.38. The van der Waals surface area contributed by atoms with Crippen molar-refractivity contribution in [2.24, 2.45) is 11.8 Å². The van der Waals surface area contributed by atoms with Crippen LogP contribution in [-0.2, 0) is 4.43 Å². The molecule has 1 aliphatic rings. The lowest BCUT2D eigenvalue weighted by molar-refractivity contribution is 0.183. The maximum absolute atomic E-state index is 13.7. The molecule has 0 spiro atoms. The molecule has 0 aromatic heterocycles. The Kier molecular flexibility index (Phi) is 7.58. The first-order chi connectivity index (χ1) is 12.5. The van der Waals surface area contributed by atoms with E-state index in [2.05, 4.69) is 67.0 Å². The third-order valence-corrected chi connectivity index (χ3v) is 11.2. The summed E-state index contributed by atoms with van der Waals surface area (Å²) in [6, 6.07) is 3.25. The normalized spacial score (nSPS) is 20.7. The third kappa shape index (κ3) is 6.07. The summed E-state index contributed by atoms with van der Waals surface area (Å²) in [4.78, 5) is 0. The summed E-state index contributed by atoms with van der Waals surface area (Å²) < 4.78 is 20.5. The quantitative estimate of drug-likeness (QED) is 0.399. The average molecular weight is 455 g/mol. The second-order valence-electron chi connectivity index (χ2n) is 9.12. The summed E-state index contributed by atoms with van der Waals surface area (Å²) in [7, 11) is 0.137. The molecule has 1 saturated carbocycles. The van der Waals surface area contributed by atoms with Crippen molar-refractivity contribution in [1.29, 1.82) is 0 Å². The van der Waals surface area contributed by atoms with Crippen molar-refractivity contribution in [3.8, 4) is 11.8 Å². The van der Waals surface area contributed by atoms with Crippen LogP contribution in [0.25, 0.3) is 0 Å². The third-order valence-electron chi connectivity index (χ3n) is 6.07. The van der Waals surface area contributed by atoms with Crippen LogP contribution in [0.2, 0.25) is 18.1 Å². The van der Waals surface area contributed by atoms with E-state index in [-0.39, 0.29) is 10.9 Å². The topological polar surface area (TPSA) is 21.3 Å². The Bertz CT molecular complexity index is 709. The van der Waals surface area contributed by atoms with E-state index in [4.69, 9.17) is 4.43 Å². The maximum Gasteiger partial charge on any atom is 0.191 e. The van der Waals surface area contributed by atoms with E-state index in [9.17, 15) is 4.39 Å². The molecule has 0 radical (unpaired) electrons. The number of benzene rings is 1. The van der Waals surface area contributed by atoms with Gasteiger partial charge in [0.2, 0.25) is 0 Å². The largest absolute Gasteiger partial charge is 0.417 e. The van der Waals surface area contributed by atoms with Gasteiger partial charge in [0.1, 0.15) is 5.82 Å². The molecule has 0 saturated heterocycles. The number of nitrogens with one attached hydrogen (secondary N) is 1. The Morgan fingerprint density at radius 3 is 2.41 bits per heavy atom. The molecule has 1 aromatic rings. The van der Waals surface area contributed by atoms with E-state index in [1.165, 1.54) is 18.9 Å². The fraction of sp³-hybridized carbons (Fsp3) is 0.636. The maximum atomic E-state index is 13.7. The van der Waals surface area contributed by atoms with Crippen LogP contribution in [0.3, 0.4) is 0 Å². The number of anilines is 1. The van der Waals surface area contributed by atoms with Crippen LogP contribution in [0, 0.1) is 29.5 Å². The van der Waals surface area contributed by atoms with E-state index in [1.54, 1.807) is 13.1 Å². The first-order valence-corrected chi connectivity index (χ1v) is 13.6. The van der Waals surface area contributed by atoms with Gasteiger partial charge in [0.15, 0.2) is 8.32 Å². The molecule has 5 heteroatoms. The van der Waals surface area contributed by atoms with Gasteiger partial charge >= 0.3 is 0 Å². The Labute approximate surface area is 173 Å². The van der Waals surface area contributed by atoms with Crippen molar-refractivity contribution in [2.75, 3.05) is 19.0 Å². The summed E-state index contributed by atoms with van der Waals surface area (Å²) in [6.07, 6.45) is 4.60. The van der Waals surface area contributed by atoms with E-state index in [1.807, 2.05) is 0 Å². The predicted octanol–water partition coefficient (Wildman–Crippen LogP) is 6.81. The van der Waals surface area contributed by atoms with E-state index >= 15 is 0 Å². The van der Waals surface area contributed by atoms with Crippen LogP contribution in [0.5, 0.6) is 0 Å². The Balaban J connectivity index is 1.91. The molecule has 1 aliphatic carbocycles. The highest BCUT2D eigenvalue weighted by Gasteiger charge is 2.37. The minimum atomic E-state index is -1.66. The smallest absolute Gasteiger partial charge is 0.191 e. The highest BCUT2D eigenvalue weighted by molar-refractivity contribution is 9.10. The van der Waals surface area contributed by atoms with E-state index < -0.39 is 8.32 Å². The lowest BCUT2D eigenvalue weighted by atomic mass is 9.83. The van der Waals surface area contributed by atoms with E-state index in [0.717, 1.165) is 30.7 Å².